The summed E-state index contributed by atoms with van der Waals surface area (Å²) >= 11 is 0. The zero-order valence-corrected chi connectivity index (χ0v) is 7.24. The Morgan fingerprint density at radius 2 is 2.08 bits per heavy atom. The van der Waals surface area contributed by atoms with Crippen molar-refractivity contribution >= 4 is 11.5 Å². The van der Waals surface area contributed by atoms with Crippen molar-refractivity contribution in [1.29, 1.82) is 0 Å². The summed E-state index contributed by atoms with van der Waals surface area (Å²) in [5.74, 6) is -0.465. The van der Waals surface area contributed by atoms with Crippen LogP contribution in [0.5, 0.6) is 11.5 Å². The predicted molar refractivity (Wildman–Crippen MR) is 48.6 cm³/mol. The number of ketones is 1. The lowest BCUT2D eigenvalue weighted by atomic mass is 10.1. The number of rotatable bonds is 2. The van der Waals surface area contributed by atoms with E-state index in [0.717, 1.165) is 0 Å². The highest BCUT2D eigenvalue weighted by Gasteiger charge is 2.11. The van der Waals surface area contributed by atoms with Gasteiger partial charge in [-0.2, -0.15) is 0 Å². The van der Waals surface area contributed by atoms with Crippen LogP contribution in [0.3, 0.4) is 0 Å². The second-order valence-electron chi connectivity index (χ2n) is 2.88. The minimum atomic E-state index is -0.213. The Labute approximate surface area is 75.6 Å². The maximum absolute atomic E-state index is 10.8. The first-order valence-corrected chi connectivity index (χ1v) is 3.81. The standard InChI is InChI=1S/C9H11NO3/c1-5(11)4-6-8(12)3-2-7(10)9(6)13/h2-3,12-13H,4,10H2,1H3. The van der Waals surface area contributed by atoms with Gasteiger partial charge in [-0.05, 0) is 19.1 Å². The fraction of sp³-hybridized carbons (Fsp3) is 0.222. The smallest absolute Gasteiger partial charge is 0.145 e. The first-order chi connectivity index (χ1) is 6.02. The van der Waals surface area contributed by atoms with E-state index < -0.39 is 0 Å². The van der Waals surface area contributed by atoms with Crippen LogP contribution in [0, 0.1) is 0 Å². The van der Waals surface area contributed by atoms with Gasteiger partial charge in [0.2, 0.25) is 0 Å². The third-order valence-electron chi connectivity index (χ3n) is 1.71. The lowest BCUT2D eigenvalue weighted by Gasteiger charge is -2.07. The number of phenols is 2. The molecule has 4 heteroatoms. The molecule has 0 unspecified atom stereocenters. The number of anilines is 1. The number of hydrogen-bond donors (Lipinski definition) is 3. The normalized spacial score (nSPS) is 9.92. The van der Waals surface area contributed by atoms with Crippen molar-refractivity contribution in [2.45, 2.75) is 13.3 Å². The largest absolute Gasteiger partial charge is 0.508 e. The molecular formula is C9H11NO3. The van der Waals surface area contributed by atoms with Crippen molar-refractivity contribution in [3.63, 3.8) is 0 Å². The number of phenolic OH excluding ortho intramolecular Hbond substituents is 2. The van der Waals surface area contributed by atoms with E-state index in [0.29, 0.717) is 0 Å². The third kappa shape index (κ3) is 1.90. The number of nitrogens with two attached hydrogens (primary N) is 1. The second-order valence-corrected chi connectivity index (χ2v) is 2.88. The number of carbonyl (C=O) groups is 1. The van der Waals surface area contributed by atoms with Gasteiger partial charge in [-0.3, -0.25) is 4.79 Å². The molecule has 70 valence electrons. The van der Waals surface area contributed by atoms with Crippen LogP contribution in [0.2, 0.25) is 0 Å². The Hall–Kier alpha value is -1.71. The lowest BCUT2D eigenvalue weighted by molar-refractivity contribution is -0.116. The van der Waals surface area contributed by atoms with Gasteiger partial charge in [0.1, 0.15) is 17.3 Å². The summed E-state index contributed by atoms with van der Waals surface area (Å²) in [4.78, 5) is 10.8. The van der Waals surface area contributed by atoms with Crippen molar-refractivity contribution in [2.75, 3.05) is 5.73 Å². The summed E-state index contributed by atoms with van der Waals surface area (Å²) in [6.45, 7) is 1.38. The monoisotopic (exact) mass is 181 g/mol. The van der Waals surface area contributed by atoms with Crippen LogP contribution in [0.1, 0.15) is 12.5 Å². The molecule has 1 rings (SSSR count). The van der Waals surface area contributed by atoms with Crippen molar-refractivity contribution in [3.05, 3.63) is 17.7 Å². The summed E-state index contributed by atoms with van der Waals surface area (Å²) < 4.78 is 0. The van der Waals surface area contributed by atoms with Crippen LogP contribution in [0.15, 0.2) is 12.1 Å². The molecule has 0 aromatic heterocycles. The topological polar surface area (TPSA) is 83.5 Å². The van der Waals surface area contributed by atoms with Gasteiger partial charge in [0, 0.05) is 12.0 Å². The third-order valence-corrected chi connectivity index (χ3v) is 1.71. The fourth-order valence-electron chi connectivity index (χ4n) is 1.07. The summed E-state index contributed by atoms with van der Waals surface area (Å²) in [7, 11) is 0. The number of benzene rings is 1. The molecule has 0 heterocycles. The molecule has 0 bridgehead atoms. The molecule has 0 saturated carbocycles. The fourth-order valence-corrected chi connectivity index (χ4v) is 1.07. The van der Waals surface area contributed by atoms with Crippen LogP contribution in [0.4, 0.5) is 5.69 Å². The van der Waals surface area contributed by atoms with Crippen molar-refractivity contribution in [2.24, 2.45) is 0 Å². The number of aromatic hydroxyl groups is 2. The highest BCUT2D eigenvalue weighted by molar-refractivity contribution is 5.81. The summed E-state index contributed by atoms with van der Waals surface area (Å²) in [6, 6.07) is 2.74. The van der Waals surface area contributed by atoms with Crippen molar-refractivity contribution in [1.82, 2.24) is 0 Å². The Kier molecular flexibility index (Phi) is 2.41. The maximum atomic E-state index is 10.8. The van der Waals surface area contributed by atoms with Crippen LogP contribution < -0.4 is 5.73 Å². The van der Waals surface area contributed by atoms with E-state index in [9.17, 15) is 15.0 Å². The van der Waals surface area contributed by atoms with Crippen LogP contribution in [-0.2, 0) is 11.2 Å². The van der Waals surface area contributed by atoms with Crippen LogP contribution in [0.25, 0.3) is 0 Å². The van der Waals surface area contributed by atoms with E-state index in [-0.39, 0.29) is 35.0 Å². The van der Waals surface area contributed by atoms with Gasteiger partial charge in [-0.15, -0.1) is 0 Å². The average molecular weight is 181 g/mol. The molecule has 0 saturated heterocycles. The molecule has 0 spiro atoms. The SMILES string of the molecule is CC(=O)Cc1c(O)ccc(N)c1O. The first-order valence-electron chi connectivity index (χ1n) is 3.81. The molecule has 13 heavy (non-hydrogen) atoms. The van der Waals surface area contributed by atoms with Gasteiger partial charge in [0.15, 0.2) is 0 Å². The zero-order valence-electron chi connectivity index (χ0n) is 7.24. The Balaban J connectivity index is 3.17. The van der Waals surface area contributed by atoms with E-state index in [1.54, 1.807) is 0 Å². The number of nitrogen functional groups attached to an aromatic ring is 1. The molecule has 0 fully saturated rings. The number of Topliss-reactive ketones (excluding diaryl/α,β-unsaturated/α-hetero) is 1. The maximum Gasteiger partial charge on any atom is 0.145 e. The van der Waals surface area contributed by atoms with Crippen molar-refractivity contribution < 1.29 is 15.0 Å². The van der Waals surface area contributed by atoms with E-state index in [1.165, 1.54) is 19.1 Å². The van der Waals surface area contributed by atoms with Crippen LogP contribution in [-0.4, -0.2) is 16.0 Å². The molecule has 0 radical (unpaired) electrons. The first kappa shape index (κ1) is 9.38. The van der Waals surface area contributed by atoms with Gasteiger partial charge >= 0.3 is 0 Å². The lowest BCUT2D eigenvalue weighted by Crippen LogP contribution is -1.99. The van der Waals surface area contributed by atoms with Crippen molar-refractivity contribution in [3.8, 4) is 11.5 Å². The van der Waals surface area contributed by atoms with Gasteiger partial charge in [0.05, 0.1) is 5.69 Å². The molecule has 0 aliphatic rings. The average Bonchev–Trinajstić information content (AvgIpc) is 2.05. The summed E-state index contributed by atoms with van der Waals surface area (Å²) in [5.41, 5.74) is 5.74. The van der Waals surface area contributed by atoms with Gasteiger partial charge < -0.3 is 15.9 Å². The molecule has 0 amide bonds. The highest BCUT2D eigenvalue weighted by atomic mass is 16.3. The predicted octanol–water partition coefficient (Wildman–Crippen LogP) is 0.811. The quantitative estimate of drug-likeness (QED) is 0.358. The minimum absolute atomic E-state index is 0.0112. The van der Waals surface area contributed by atoms with Crippen LogP contribution >= 0.6 is 0 Å². The van der Waals surface area contributed by atoms with E-state index in [1.807, 2.05) is 0 Å². The molecule has 0 aliphatic carbocycles. The number of hydrogen-bond acceptors (Lipinski definition) is 4. The summed E-state index contributed by atoms with van der Waals surface area (Å²) in [6.07, 6.45) is -0.0112. The van der Waals surface area contributed by atoms with E-state index in [4.69, 9.17) is 5.73 Å². The molecular weight excluding hydrogens is 170 g/mol. The summed E-state index contributed by atoms with van der Waals surface area (Å²) in [5, 5.41) is 18.7. The molecule has 1 aromatic rings. The van der Waals surface area contributed by atoms with Gasteiger partial charge in [-0.25, -0.2) is 0 Å². The molecule has 0 atom stereocenters. The molecule has 4 nitrogen and oxygen atoms in total. The second kappa shape index (κ2) is 3.35. The van der Waals surface area contributed by atoms with Gasteiger partial charge in [-0.1, -0.05) is 0 Å². The number of carbonyl (C=O) groups excluding carboxylic acids is 1. The van der Waals surface area contributed by atoms with E-state index >= 15 is 0 Å². The Bertz CT molecular complexity index is 347. The highest BCUT2D eigenvalue weighted by Crippen LogP contribution is 2.32. The Morgan fingerprint density at radius 3 is 2.62 bits per heavy atom. The minimum Gasteiger partial charge on any atom is -0.508 e. The Morgan fingerprint density at radius 1 is 1.46 bits per heavy atom. The molecule has 4 N–H and O–H groups in total. The molecule has 0 aliphatic heterocycles. The zero-order chi connectivity index (χ0) is 10.0. The van der Waals surface area contributed by atoms with E-state index in [2.05, 4.69) is 0 Å². The molecule has 1 aromatic carbocycles. The van der Waals surface area contributed by atoms with Gasteiger partial charge in [0.25, 0.3) is 0 Å².